The van der Waals surface area contributed by atoms with Crippen molar-refractivity contribution in [2.45, 2.75) is 20.1 Å². The van der Waals surface area contributed by atoms with Crippen LogP contribution in [0.3, 0.4) is 0 Å². The van der Waals surface area contributed by atoms with Gasteiger partial charge in [0.15, 0.2) is 6.29 Å². The van der Waals surface area contributed by atoms with Crippen LogP contribution in [-0.4, -0.2) is 52.3 Å². The third kappa shape index (κ3) is 5.22. The van der Waals surface area contributed by atoms with Gasteiger partial charge >= 0.3 is 11.9 Å². The highest BCUT2D eigenvalue weighted by Gasteiger charge is 2.24. The van der Waals surface area contributed by atoms with Crippen LogP contribution < -0.4 is 4.74 Å². The fraction of sp³-hybridized carbons (Fsp3) is 0.500. The van der Waals surface area contributed by atoms with Gasteiger partial charge < -0.3 is 23.7 Å². The first-order chi connectivity index (χ1) is 11.1. The molecule has 0 unspecified atom stereocenters. The largest absolute Gasteiger partial charge is 0.487 e. The molecule has 0 aliphatic carbocycles. The molecule has 0 fully saturated rings. The molecule has 0 heterocycles. The van der Waals surface area contributed by atoms with Crippen molar-refractivity contribution in [2.75, 3.05) is 34.0 Å². The highest BCUT2D eigenvalue weighted by atomic mass is 16.7. The lowest BCUT2D eigenvalue weighted by atomic mass is 10.1. The number of methoxy groups -OCH3 is 2. The summed E-state index contributed by atoms with van der Waals surface area (Å²) in [4.78, 5) is 23.8. The Hall–Kier alpha value is -2.12. The molecule has 0 amide bonds. The number of hydrogen-bond donors (Lipinski definition) is 0. The van der Waals surface area contributed by atoms with Gasteiger partial charge in [-0.1, -0.05) is 6.07 Å². The Morgan fingerprint density at radius 2 is 1.61 bits per heavy atom. The molecular formula is C16H22O7. The van der Waals surface area contributed by atoms with Crippen molar-refractivity contribution in [1.29, 1.82) is 0 Å². The SMILES string of the molecule is CCOC(COc1cccc(C(=O)OC)c1C(=O)OC)OCC. The molecule has 0 aliphatic rings. The van der Waals surface area contributed by atoms with Gasteiger partial charge in [0, 0.05) is 13.2 Å². The minimum Gasteiger partial charge on any atom is -0.487 e. The zero-order valence-corrected chi connectivity index (χ0v) is 13.8. The second-order valence-electron chi connectivity index (χ2n) is 4.31. The van der Waals surface area contributed by atoms with Crippen LogP contribution in [0.15, 0.2) is 18.2 Å². The lowest BCUT2D eigenvalue weighted by molar-refractivity contribution is -0.152. The fourth-order valence-corrected chi connectivity index (χ4v) is 1.92. The van der Waals surface area contributed by atoms with Crippen LogP contribution in [0.2, 0.25) is 0 Å². The molecule has 0 N–H and O–H groups in total. The number of hydrogen-bond acceptors (Lipinski definition) is 7. The smallest absolute Gasteiger partial charge is 0.342 e. The van der Waals surface area contributed by atoms with Crippen LogP contribution in [0, 0.1) is 0 Å². The number of ether oxygens (including phenoxy) is 5. The molecule has 0 saturated heterocycles. The maximum Gasteiger partial charge on any atom is 0.342 e. The number of rotatable bonds is 9. The molecule has 0 aromatic heterocycles. The molecule has 0 spiro atoms. The first-order valence-electron chi connectivity index (χ1n) is 7.24. The highest BCUT2D eigenvalue weighted by molar-refractivity contribution is 6.05. The Labute approximate surface area is 135 Å². The van der Waals surface area contributed by atoms with Gasteiger partial charge in [-0.25, -0.2) is 9.59 Å². The van der Waals surface area contributed by atoms with Crippen LogP contribution in [-0.2, 0) is 18.9 Å². The molecule has 23 heavy (non-hydrogen) atoms. The average molecular weight is 326 g/mol. The van der Waals surface area contributed by atoms with E-state index in [2.05, 4.69) is 4.74 Å². The average Bonchev–Trinajstić information content (AvgIpc) is 2.58. The minimum absolute atomic E-state index is 0.00796. The van der Waals surface area contributed by atoms with E-state index < -0.39 is 18.2 Å². The predicted molar refractivity (Wildman–Crippen MR) is 81.7 cm³/mol. The molecule has 1 rings (SSSR count). The summed E-state index contributed by atoms with van der Waals surface area (Å²) in [7, 11) is 2.46. The molecule has 7 nitrogen and oxygen atoms in total. The van der Waals surface area contributed by atoms with Crippen molar-refractivity contribution in [2.24, 2.45) is 0 Å². The van der Waals surface area contributed by atoms with Gasteiger partial charge in [-0.15, -0.1) is 0 Å². The summed E-state index contributed by atoms with van der Waals surface area (Å²) in [5.41, 5.74) is 0.0785. The van der Waals surface area contributed by atoms with Crippen LogP contribution in [0.5, 0.6) is 5.75 Å². The third-order valence-electron chi connectivity index (χ3n) is 2.90. The summed E-state index contributed by atoms with van der Waals surface area (Å²) >= 11 is 0. The van der Waals surface area contributed by atoms with Crippen molar-refractivity contribution < 1.29 is 33.3 Å². The lowest BCUT2D eigenvalue weighted by Crippen LogP contribution is -2.26. The van der Waals surface area contributed by atoms with E-state index in [1.807, 2.05) is 13.8 Å². The van der Waals surface area contributed by atoms with E-state index in [1.165, 1.54) is 20.3 Å². The molecule has 0 atom stereocenters. The number of benzene rings is 1. The zero-order valence-electron chi connectivity index (χ0n) is 13.8. The van der Waals surface area contributed by atoms with Gasteiger partial charge in [0.2, 0.25) is 0 Å². The molecule has 128 valence electrons. The maximum absolute atomic E-state index is 12.0. The summed E-state index contributed by atoms with van der Waals surface area (Å²) in [5.74, 6) is -1.14. The van der Waals surface area contributed by atoms with E-state index in [4.69, 9.17) is 18.9 Å². The molecular weight excluding hydrogens is 304 g/mol. The summed E-state index contributed by atoms with van der Waals surface area (Å²) in [6, 6.07) is 4.62. The predicted octanol–water partition coefficient (Wildman–Crippen LogP) is 2.04. The number of carbonyl (C=O) groups is 2. The van der Waals surface area contributed by atoms with Crippen molar-refractivity contribution in [3.05, 3.63) is 29.3 Å². The first-order valence-corrected chi connectivity index (χ1v) is 7.24. The second-order valence-corrected chi connectivity index (χ2v) is 4.31. The van der Waals surface area contributed by atoms with E-state index in [1.54, 1.807) is 12.1 Å². The van der Waals surface area contributed by atoms with E-state index in [9.17, 15) is 9.59 Å². The van der Waals surface area contributed by atoms with Gasteiger partial charge in [-0.3, -0.25) is 0 Å². The number of esters is 2. The van der Waals surface area contributed by atoms with Crippen LogP contribution >= 0.6 is 0 Å². The van der Waals surface area contributed by atoms with Gasteiger partial charge in [-0.05, 0) is 26.0 Å². The summed E-state index contributed by atoms with van der Waals surface area (Å²) in [6.07, 6.45) is -0.572. The van der Waals surface area contributed by atoms with Gasteiger partial charge in [0.25, 0.3) is 0 Å². The minimum atomic E-state index is -0.689. The Kier molecular flexibility index (Phi) is 8.07. The monoisotopic (exact) mass is 326 g/mol. The van der Waals surface area contributed by atoms with Crippen molar-refractivity contribution in [3.63, 3.8) is 0 Å². The van der Waals surface area contributed by atoms with Crippen molar-refractivity contribution in [1.82, 2.24) is 0 Å². The van der Waals surface area contributed by atoms with Gasteiger partial charge in [0.1, 0.15) is 17.9 Å². The Morgan fingerprint density at radius 1 is 1.00 bits per heavy atom. The Balaban J connectivity index is 3.05. The first kappa shape index (κ1) is 18.9. The van der Waals surface area contributed by atoms with E-state index in [0.717, 1.165) is 0 Å². The zero-order chi connectivity index (χ0) is 17.2. The molecule has 7 heteroatoms. The quantitative estimate of drug-likeness (QED) is 0.507. The molecule has 1 aromatic carbocycles. The fourth-order valence-electron chi connectivity index (χ4n) is 1.92. The van der Waals surface area contributed by atoms with Gasteiger partial charge in [-0.2, -0.15) is 0 Å². The van der Waals surface area contributed by atoms with Gasteiger partial charge in [0.05, 0.1) is 19.8 Å². The van der Waals surface area contributed by atoms with Crippen LogP contribution in [0.4, 0.5) is 0 Å². The highest BCUT2D eigenvalue weighted by Crippen LogP contribution is 2.24. The molecule has 0 radical (unpaired) electrons. The maximum atomic E-state index is 12.0. The van der Waals surface area contributed by atoms with E-state index >= 15 is 0 Å². The summed E-state index contributed by atoms with van der Waals surface area (Å²) in [6.45, 7) is 4.66. The third-order valence-corrected chi connectivity index (χ3v) is 2.90. The van der Waals surface area contributed by atoms with Crippen LogP contribution in [0.1, 0.15) is 34.6 Å². The molecule has 0 saturated carbocycles. The molecule has 0 bridgehead atoms. The second kappa shape index (κ2) is 9.81. The Bertz CT molecular complexity index is 521. The van der Waals surface area contributed by atoms with Crippen molar-refractivity contribution in [3.8, 4) is 5.75 Å². The van der Waals surface area contributed by atoms with Crippen molar-refractivity contribution >= 4 is 11.9 Å². The standard InChI is InChI=1S/C16H22O7/c1-5-21-13(22-6-2)10-23-12-9-7-8-11(15(17)19-3)14(12)16(18)20-4/h7-9,13H,5-6,10H2,1-4H3. The van der Waals surface area contributed by atoms with Crippen LogP contribution in [0.25, 0.3) is 0 Å². The molecule has 0 aliphatic heterocycles. The topological polar surface area (TPSA) is 80.3 Å². The lowest BCUT2D eigenvalue weighted by Gasteiger charge is -2.19. The van der Waals surface area contributed by atoms with E-state index in [-0.39, 0.29) is 23.5 Å². The molecule has 1 aromatic rings. The Morgan fingerprint density at radius 3 is 2.13 bits per heavy atom. The van der Waals surface area contributed by atoms with E-state index in [0.29, 0.717) is 13.2 Å². The summed E-state index contributed by atoms with van der Waals surface area (Å²) < 4.78 is 25.8. The normalized spacial score (nSPS) is 10.5. The summed E-state index contributed by atoms with van der Waals surface area (Å²) in [5, 5.41) is 0. The number of carbonyl (C=O) groups excluding carboxylic acids is 2.